The zero-order chi connectivity index (χ0) is 9.23. The Morgan fingerprint density at radius 1 is 0.923 bits per heavy atom. The fourth-order valence-electron chi connectivity index (χ4n) is 1.57. The van der Waals surface area contributed by atoms with Gasteiger partial charge in [-0.3, -0.25) is 0 Å². The Kier molecular flexibility index (Phi) is 16.5. The van der Waals surface area contributed by atoms with Gasteiger partial charge in [-0.15, -0.1) is 0 Å². The average Bonchev–Trinajstić information content (AvgIpc) is 2.64. The minimum Gasteiger partial charge on any atom is -0.381 e. The summed E-state index contributed by atoms with van der Waals surface area (Å²) in [5.41, 5.74) is 0. The van der Waals surface area contributed by atoms with E-state index in [9.17, 15) is 0 Å². The molecular weight excluding hydrogens is 170 g/mol. The molecule has 1 nitrogen and oxygen atoms in total. The molecule has 13 heavy (non-hydrogen) atoms. The van der Waals surface area contributed by atoms with Crippen LogP contribution >= 0.6 is 0 Å². The van der Waals surface area contributed by atoms with Crippen LogP contribution in [-0.4, -0.2) is 19.9 Å². The van der Waals surface area contributed by atoms with E-state index in [1.165, 1.54) is 31.8 Å². The van der Waals surface area contributed by atoms with Crippen molar-refractivity contribution in [2.24, 2.45) is 0 Å². The SMILES string of the molecule is C1CCOC1.CC[BH-](CC)CC.[Na+]. The maximum absolute atomic E-state index is 4.94. The van der Waals surface area contributed by atoms with Crippen molar-refractivity contribution in [3.05, 3.63) is 0 Å². The molecule has 0 aromatic rings. The van der Waals surface area contributed by atoms with Crippen molar-refractivity contribution in [1.82, 2.24) is 0 Å². The summed E-state index contributed by atoms with van der Waals surface area (Å²) in [5.74, 6) is 0. The smallest absolute Gasteiger partial charge is 0.381 e. The summed E-state index contributed by atoms with van der Waals surface area (Å²) in [6.45, 7) is 9.19. The van der Waals surface area contributed by atoms with Gasteiger partial charge in [0.2, 0.25) is 0 Å². The first-order valence-corrected chi connectivity index (χ1v) is 5.70. The standard InChI is InChI=1S/C6H16B.C4H8O.Na/c1-4-7(5-2)6-3;1-2-4-5-3-1;/h7H,4-6H2,1-3H3;1-4H2;/q-1;;+1. The van der Waals surface area contributed by atoms with Crippen LogP contribution in [0.15, 0.2) is 0 Å². The fraction of sp³-hybridized carbons (Fsp3) is 1.00. The normalized spacial score (nSPS) is 14.8. The van der Waals surface area contributed by atoms with E-state index in [4.69, 9.17) is 4.74 Å². The molecule has 3 heteroatoms. The topological polar surface area (TPSA) is 9.23 Å². The monoisotopic (exact) mass is 194 g/mol. The molecule has 1 rings (SSSR count). The fourth-order valence-corrected chi connectivity index (χ4v) is 1.57. The minimum atomic E-state index is 0. The van der Waals surface area contributed by atoms with Gasteiger partial charge in [-0.05, 0) is 19.6 Å². The Bertz CT molecular complexity index is 69.9. The predicted octanol–water partition coefficient (Wildman–Crippen LogP) is 0.0740. The summed E-state index contributed by atoms with van der Waals surface area (Å²) >= 11 is 0. The van der Waals surface area contributed by atoms with Crippen LogP contribution in [0.5, 0.6) is 0 Å². The molecule has 0 amide bonds. The molecule has 0 aromatic carbocycles. The Balaban J connectivity index is 0. The van der Waals surface area contributed by atoms with Crippen molar-refractivity contribution in [2.45, 2.75) is 52.6 Å². The maximum Gasteiger partial charge on any atom is 1.00 e. The van der Waals surface area contributed by atoms with Crippen LogP contribution in [-0.2, 0) is 4.74 Å². The quantitative estimate of drug-likeness (QED) is 0.578. The summed E-state index contributed by atoms with van der Waals surface area (Å²) in [4.78, 5) is 0. The van der Waals surface area contributed by atoms with Gasteiger partial charge in [0.05, 0.1) is 0 Å². The molecule has 0 aromatic heterocycles. The molecule has 74 valence electrons. The Labute approximate surface area is 106 Å². The van der Waals surface area contributed by atoms with Gasteiger partial charge in [0.1, 0.15) is 0 Å². The Hall–Kier alpha value is 1.02. The van der Waals surface area contributed by atoms with Crippen LogP contribution in [0.25, 0.3) is 0 Å². The van der Waals surface area contributed by atoms with E-state index in [-0.39, 0.29) is 29.6 Å². The number of rotatable bonds is 3. The van der Waals surface area contributed by atoms with Gasteiger partial charge in [0.25, 0.3) is 0 Å². The van der Waals surface area contributed by atoms with Crippen molar-refractivity contribution < 1.29 is 34.3 Å². The van der Waals surface area contributed by atoms with Crippen molar-refractivity contribution in [3.63, 3.8) is 0 Å². The van der Waals surface area contributed by atoms with Gasteiger partial charge in [-0.2, -0.15) is 19.0 Å². The van der Waals surface area contributed by atoms with E-state index in [0.717, 1.165) is 13.2 Å². The average molecular weight is 194 g/mol. The molecular formula is C10H24BNaO. The van der Waals surface area contributed by atoms with E-state index in [0.29, 0.717) is 6.71 Å². The first-order chi connectivity index (χ1) is 5.85. The van der Waals surface area contributed by atoms with E-state index < -0.39 is 0 Å². The largest absolute Gasteiger partial charge is 1.00 e. The number of hydrogen-bond acceptors (Lipinski definition) is 1. The van der Waals surface area contributed by atoms with E-state index >= 15 is 0 Å². The molecule has 0 bridgehead atoms. The van der Waals surface area contributed by atoms with Gasteiger partial charge in [-0.1, -0.05) is 20.8 Å². The second-order valence-electron chi connectivity index (χ2n) is 3.88. The third-order valence-electron chi connectivity index (χ3n) is 2.95. The third-order valence-corrected chi connectivity index (χ3v) is 2.95. The number of hydrogen-bond donors (Lipinski definition) is 0. The molecule has 0 spiro atoms. The molecule has 1 aliphatic rings. The predicted molar refractivity (Wildman–Crippen MR) is 58.6 cm³/mol. The van der Waals surface area contributed by atoms with Crippen molar-refractivity contribution in [1.29, 1.82) is 0 Å². The molecule has 1 fully saturated rings. The van der Waals surface area contributed by atoms with Crippen molar-refractivity contribution in [2.75, 3.05) is 13.2 Å². The molecule has 0 N–H and O–H groups in total. The molecule has 1 heterocycles. The van der Waals surface area contributed by atoms with Crippen molar-refractivity contribution in [3.8, 4) is 0 Å². The Morgan fingerprint density at radius 3 is 1.38 bits per heavy atom. The molecule has 0 radical (unpaired) electrons. The summed E-state index contributed by atoms with van der Waals surface area (Å²) in [6.07, 6.45) is 6.87. The first kappa shape index (κ1) is 16.5. The van der Waals surface area contributed by atoms with Gasteiger partial charge < -0.3 is 4.74 Å². The van der Waals surface area contributed by atoms with Gasteiger partial charge >= 0.3 is 29.6 Å². The van der Waals surface area contributed by atoms with Crippen LogP contribution < -0.4 is 29.6 Å². The van der Waals surface area contributed by atoms with Crippen LogP contribution in [0.2, 0.25) is 19.0 Å². The molecule has 0 aliphatic carbocycles. The van der Waals surface area contributed by atoms with Gasteiger partial charge in [0, 0.05) is 13.2 Å². The van der Waals surface area contributed by atoms with Gasteiger partial charge in [-0.25, -0.2) is 0 Å². The third kappa shape index (κ3) is 10.9. The summed E-state index contributed by atoms with van der Waals surface area (Å²) in [6, 6.07) is 0. The molecule has 1 saturated heterocycles. The summed E-state index contributed by atoms with van der Waals surface area (Å²) < 4.78 is 4.94. The zero-order valence-corrected chi connectivity index (χ0v) is 12.1. The second kappa shape index (κ2) is 13.0. The minimum absolute atomic E-state index is 0. The number of ether oxygens (including phenoxy) is 1. The molecule has 1 aliphatic heterocycles. The first-order valence-electron chi connectivity index (χ1n) is 5.70. The summed E-state index contributed by atoms with van der Waals surface area (Å²) in [7, 11) is 0. The van der Waals surface area contributed by atoms with E-state index in [1.807, 2.05) is 0 Å². The Morgan fingerprint density at radius 2 is 1.31 bits per heavy atom. The van der Waals surface area contributed by atoms with Crippen LogP contribution in [0.1, 0.15) is 33.6 Å². The molecule has 0 atom stereocenters. The second-order valence-corrected chi connectivity index (χ2v) is 3.88. The summed E-state index contributed by atoms with van der Waals surface area (Å²) in [5, 5.41) is 0. The van der Waals surface area contributed by atoms with Crippen LogP contribution in [0.3, 0.4) is 0 Å². The van der Waals surface area contributed by atoms with Crippen LogP contribution in [0, 0.1) is 0 Å². The van der Waals surface area contributed by atoms with E-state index in [2.05, 4.69) is 20.8 Å². The van der Waals surface area contributed by atoms with Crippen LogP contribution in [0.4, 0.5) is 0 Å². The maximum atomic E-state index is 4.94. The van der Waals surface area contributed by atoms with Gasteiger partial charge in [0.15, 0.2) is 0 Å². The molecule has 0 unspecified atom stereocenters. The zero-order valence-electron chi connectivity index (χ0n) is 10.1. The molecule has 0 saturated carbocycles. The van der Waals surface area contributed by atoms with E-state index in [1.54, 1.807) is 0 Å². The van der Waals surface area contributed by atoms with Crippen molar-refractivity contribution >= 4 is 6.71 Å².